The van der Waals surface area contributed by atoms with Gasteiger partial charge in [-0.05, 0) is 25.0 Å². The third kappa shape index (κ3) is 2.99. The van der Waals surface area contributed by atoms with Gasteiger partial charge in [0.2, 0.25) is 10.0 Å². The van der Waals surface area contributed by atoms with Gasteiger partial charge >= 0.3 is 0 Å². The number of benzene rings is 1. The molecule has 106 valence electrons. The normalized spacial score (nSPS) is 21.8. The van der Waals surface area contributed by atoms with Crippen LogP contribution in [0, 0.1) is 12.8 Å². The fraction of sp³-hybridized carbons (Fsp3) is 0.571. The summed E-state index contributed by atoms with van der Waals surface area (Å²) in [7, 11) is -3.42. The van der Waals surface area contributed by atoms with Crippen molar-refractivity contribution in [2.75, 3.05) is 19.8 Å². The molecule has 1 aliphatic rings. The molecule has 0 unspecified atom stereocenters. The van der Waals surface area contributed by atoms with Crippen LogP contribution in [0.2, 0.25) is 0 Å². The van der Waals surface area contributed by atoms with Crippen molar-refractivity contribution in [1.29, 1.82) is 0 Å². The van der Waals surface area contributed by atoms with Crippen LogP contribution >= 0.6 is 0 Å². The monoisotopic (exact) mass is 283 g/mol. The number of hydrogen-bond acceptors (Lipinski definition) is 3. The predicted molar refractivity (Wildman–Crippen MR) is 74.5 cm³/mol. The maximum atomic E-state index is 12.7. The quantitative estimate of drug-likeness (QED) is 0.853. The second-order valence-corrected chi connectivity index (χ2v) is 7.21. The number of hydrogen-bond donors (Lipinski definition) is 0. The summed E-state index contributed by atoms with van der Waals surface area (Å²) in [5.74, 6) is 0.237. The molecule has 1 saturated heterocycles. The maximum absolute atomic E-state index is 12.7. The number of rotatable bonds is 3. The van der Waals surface area contributed by atoms with Crippen LogP contribution in [0.1, 0.15) is 19.4 Å². The van der Waals surface area contributed by atoms with E-state index >= 15 is 0 Å². The van der Waals surface area contributed by atoms with E-state index in [1.165, 1.54) is 0 Å². The smallest absolute Gasteiger partial charge is 0.243 e. The lowest BCUT2D eigenvalue weighted by Gasteiger charge is -2.36. The molecule has 1 aliphatic heterocycles. The first kappa shape index (κ1) is 14.5. The first-order chi connectivity index (χ1) is 8.93. The SMILES string of the molecule is Cc1ccc(S(=O)(=O)N2CCOC[C@H]2C(C)C)cc1. The molecule has 0 radical (unpaired) electrons. The zero-order valence-electron chi connectivity index (χ0n) is 11.7. The number of aryl methyl sites for hydroxylation is 1. The number of ether oxygens (including phenoxy) is 1. The van der Waals surface area contributed by atoms with Crippen LogP contribution in [0.4, 0.5) is 0 Å². The Kier molecular flexibility index (Phi) is 4.28. The van der Waals surface area contributed by atoms with E-state index in [1.54, 1.807) is 16.4 Å². The average Bonchev–Trinajstić information content (AvgIpc) is 2.39. The van der Waals surface area contributed by atoms with Gasteiger partial charge in [0.05, 0.1) is 24.2 Å². The highest BCUT2D eigenvalue weighted by Crippen LogP contribution is 2.24. The van der Waals surface area contributed by atoms with Crippen LogP contribution in [0.15, 0.2) is 29.2 Å². The fourth-order valence-corrected chi connectivity index (χ4v) is 4.00. The minimum absolute atomic E-state index is 0.0833. The molecule has 0 aliphatic carbocycles. The largest absolute Gasteiger partial charge is 0.378 e. The second kappa shape index (κ2) is 5.61. The molecule has 4 nitrogen and oxygen atoms in total. The van der Waals surface area contributed by atoms with Crippen LogP contribution in [0.25, 0.3) is 0 Å². The molecule has 0 N–H and O–H groups in total. The maximum Gasteiger partial charge on any atom is 0.243 e. The minimum atomic E-state index is -3.42. The Labute approximate surface area is 115 Å². The number of sulfonamides is 1. The van der Waals surface area contributed by atoms with E-state index < -0.39 is 10.0 Å². The van der Waals surface area contributed by atoms with Crippen molar-refractivity contribution >= 4 is 10.0 Å². The van der Waals surface area contributed by atoms with Crippen LogP contribution in [0.5, 0.6) is 0 Å². The Balaban J connectivity index is 2.34. The Morgan fingerprint density at radius 1 is 1.26 bits per heavy atom. The summed E-state index contributed by atoms with van der Waals surface area (Å²) < 4.78 is 32.4. The van der Waals surface area contributed by atoms with Crippen molar-refractivity contribution in [3.05, 3.63) is 29.8 Å². The zero-order chi connectivity index (χ0) is 14.0. The van der Waals surface area contributed by atoms with E-state index in [0.717, 1.165) is 5.56 Å². The van der Waals surface area contributed by atoms with Gasteiger partial charge in [0.1, 0.15) is 0 Å². The molecule has 1 fully saturated rings. The Morgan fingerprint density at radius 2 is 1.89 bits per heavy atom. The fourth-order valence-electron chi connectivity index (χ4n) is 2.28. The van der Waals surface area contributed by atoms with Crippen LogP contribution in [-0.4, -0.2) is 38.5 Å². The molecule has 1 aromatic carbocycles. The van der Waals surface area contributed by atoms with Gasteiger partial charge in [-0.1, -0.05) is 31.5 Å². The molecule has 0 aromatic heterocycles. The second-order valence-electron chi connectivity index (χ2n) is 5.32. The van der Waals surface area contributed by atoms with Crippen LogP contribution < -0.4 is 0 Å². The number of nitrogens with zero attached hydrogens (tertiary/aromatic N) is 1. The van der Waals surface area contributed by atoms with E-state index in [2.05, 4.69) is 0 Å². The van der Waals surface area contributed by atoms with Crippen molar-refractivity contribution in [2.45, 2.75) is 31.7 Å². The predicted octanol–water partition coefficient (Wildman–Crippen LogP) is 2.04. The molecule has 0 saturated carbocycles. The van der Waals surface area contributed by atoms with Crippen LogP contribution in [-0.2, 0) is 14.8 Å². The van der Waals surface area contributed by atoms with Gasteiger partial charge in [0.15, 0.2) is 0 Å². The standard InChI is InChI=1S/C14H21NO3S/c1-11(2)14-10-18-9-8-15(14)19(16,17)13-6-4-12(3)5-7-13/h4-7,11,14H,8-10H2,1-3H3/t14-/m0/s1. The summed E-state index contributed by atoms with van der Waals surface area (Å²) in [6.07, 6.45) is 0. The Morgan fingerprint density at radius 3 is 2.47 bits per heavy atom. The topological polar surface area (TPSA) is 46.6 Å². The average molecular weight is 283 g/mol. The van der Waals surface area contributed by atoms with Gasteiger partial charge < -0.3 is 4.74 Å². The van der Waals surface area contributed by atoms with E-state index in [9.17, 15) is 8.42 Å². The summed E-state index contributed by atoms with van der Waals surface area (Å²) in [5.41, 5.74) is 1.06. The lowest BCUT2D eigenvalue weighted by Crippen LogP contribution is -2.50. The highest BCUT2D eigenvalue weighted by Gasteiger charge is 2.35. The summed E-state index contributed by atoms with van der Waals surface area (Å²) in [6, 6.07) is 6.94. The molecular weight excluding hydrogens is 262 g/mol. The van der Waals surface area contributed by atoms with E-state index in [0.29, 0.717) is 24.7 Å². The first-order valence-corrected chi connectivity index (χ1v) is 8.03. The molecule has 0 bridgehead atoms. The van der Waals surface area contributed by atoms with Crippen LogP contribution in [0.3, 0.4) is 0 Å². The first-order valence-electron chi connectivity index (χ1n) is 6.59. The van der Waals surface area contributed by atoms with E-state index in [1.807, 2.05) is 32.9 Å². The summed E-state index contributed by atoms with van der Waals surface area (Å²) in [6.45, 7) is 7.37. The molecule has 5 heteroatoms. The molecule has 0 spiro atoms. The third-order valence-electron chi connectivity index (χ3n) is 3.51. The van der Waals surface area contributed by atoms with Crippen molar-refractivity contribution in [3.8, 4) is 0 Å². The highest BCUT2D eigenvalue weighted by molar-refractivity contribution is 7.89. The van der Waals surface area contributed by atoms with Gasteiger partial charge in [-0.2, -0.15) is 4.31 Å². The molecule has 2 rings (SSSR count). The molecule has 1 atom stereocenters. The van der Waals surface area contributed by atoms with E-state index in [4.69, 9.17) is 4.74 Å². The van der Waals surface area contributed by atoms with Crippen molar-refractivity contribution in [3.63, 3.8) is 0 Å². The van der Waals surface area contributed by atoms with Gasteiger partial charge in [0, 0.05) is 6.54 Å². The molecule has 1 heterocycles. The van der Waals surface area contributed by atoms with E-state index in [-0.39, 0.29) is 12.0 Å². The zero-order valence-corrected chi connectivity index (χ0v) is 12.5. The Bertz CT molecular complexity index is 522. The molecular formula is C14H21NO3S. The summed E-state index contributed by atoms with van der Waals surface area (Å²) in [5, 5.41) is 0. The summed E-state index contributed by atoms with van der Waals surface area (Å²) in [4.78, 5) is 0.366. The van der Waals surface area contributed by atoms with Gasteiger partial charge in [-0.3, -0.25) is 0 Å². The van der Waals surface area contributed by atoms with Gasteiger partial charge in [0.25, 0.3) is 0 Å². The van der Waals surface area contributed by atoms with Crippen molar-refractivity contribution in [2.24, 2.45) is 5.92 Å². The van der Waals surface area contributed by atoms with Gasteiger partial charge in [-0.25, -0.2) is 8.42 Å². The number of morpholine rings is 1. The lowest BCUT2D eigenvalue weighted by atomic mass is 10.1. The lowest BCUT2D eigenvalue weighted by molar-refractivity contribution is 0.0160. The summed E-state index contributed by atoms with van der Waals surface area (Å²) >= 11 is 0. The van der Waals surface area contributed by atoms with Crippen molar-refractivity contribution < 1.29 is 13.2 Å². The minimum Gasteiger partial charge on any atom is -0.378 e. The molecule has 0 amide bonds. The highest BCUT2D eigenvalue weighted by atomic mass is 32.2. The Hall–Kier alpha value is -0.910. The molecule has 19 heavy (non-hydrogen) atoms. The third-order valence-corrected chi connectivity index (χ3v) is 5.45. The van der Waals surface area contributed by atoms with Crippen molar-refractivity contribution in [1.82, 2.24) is 4.31 Å². The van der Waals surface area contributed by atoms with Gasteiger partial charge in [-0.15, -0.1) is 0 Å². The molecule has 1 aromatic rings.